The van der Waals surface area contributed by atoms with E-state index in [1.165, 1.54) is 141 Å². The lowest BCUT2D eigenvalue weighted by molar-refractivity contribution is -0.161. The smallest absolute Gasteiger partial charge is 0.462 e. The van der Waals surface area contributed by atoms with Crippen LogP contribution in [0.2, 0.25) is 0 Å². The van der Waals surface area contributed by atoms with Crippen LogP contribution in [0.25, 0.3) is 0 Å². The molecule has 11 nitrogen and oxygen atoms in total. The van der Waals surface area contributed by atoms with E-state index in [4.69, 9.17) is 23.3 Å². The summed E-state index contributed by atoms with van der Waals surface area (Å²) in [5.41, 5.74) is 0. The maximum atomic E-state index is 12.9. The second-order valence-corrected chi connectivity index (χ2v) is 21.9. The lowest BCUT2D eigenvalue weighted by Gasteiger charge is -2.21. The molecule has 0 amide bonds. The third-order valence-electron chi connectivity index (χ3n) is 13.1. The molecule has 3 unspecified atom stereocenters. The van der Waals surface area contributed by atoms with E-state index in [0.717, 1.165) is 77.0 Å². The number of aliphatic hydroxyl groups excluding tert-OH is 1. The zero-order valence-corrected chi connectivity index (χ0v) is 49.6. The van der Waals surface area contributed by atoms with Gasteiger partial charge in [-0.05, 0) is 77.0 Å². The summed E-state index contributed by atoms with van der Waals surface area (Å²) in [7, 11) is -4.77. The Hall–Kier alpha value is -3.08. The molecule has 12 heteroatoms. The van der Waals surface area contributed by atoms with E-state index in [1.807, 2.05) is 12.2 Å². The largest absolute Gasteiger partial charge is 0.472 e. The number of unbranched alkanes of at least 4 members (excludes halogenated alkanes) is 28. The molecule has 0 spiro atoms. The number of esters is 3. The van der Waals surface area contributed by atoms with Crippen LogP contribution in [-0.2, 0) is 42.2 Å². The van der Waals surface area contributed by atoms with Gasteiger partial charge in [-0.2, -0.15) is 0 Å². The van der Waals surface area contributed by atoms with Gasteiger partial charge in [0.1, 0.15) is 12.7 Å². The Kier molecular flexibility index (Phi) is 55.7. The number of carbonyl (C=O) groups excluding carboxylic acids is 3. The summed E-state index contributed by atoms with van der Waals surface area (Å²) in [6, 6.07) is 0. The molecule has 0 heterocycles. The van der Waals surface area contributed by atoms with Gasteiger partial charge in [0.2, 0.25) is 0 Å². The molecular weight excluding hydrogens is 976 g/mol. The van der Waals surface area contributed by atoms with Gasteiger partial charge in [0.25, 0.3) is 0 Å². The average molecular weight is 1090 g/mol. The van der Waals surface area contributed by atoms with Crippen molar-refractivity contribution in [3.05, 3.63) is 72.9 Å². The number of phosphoric acid groups is 1. The number of allylic oxidation sites excluding steroid dienone is 12. The SMILES string of the molecule is CC/C=C\C/C=C\C/C=C\C/C=C\CCC(=O)OC(CO)COP(=O)(O)OCC(COC(=O)CCCCCCCCCCCCCCCCCCC)OC(=O)CCCCCCCCCCC/C=C\C/C=C\CCCCC. The van der Waals surface area contributed by atoms with Gasteiger partial charge in [-0.15, -0.1) is 0 Å². The van der Waals surface area contributed by atoms with E-state index in [0.29, 0.717) is 19.3 Å². The minimum absolute atomic E-state index is 0.0554. The van der Waals surface area contributed by atoms with Gasteiger partial charge < -0.3 is 24.2 Å². The molecule has 0 bridgehead atoms. The minimum atomic E-state index is -4.77. The van der Waals surface area contributed by atoms with E-state index in [-0.39, 0.29) is 25.9 Å². The molecular formula is C64H113O11P. The Morgan fingerprint density at radius 2 is 0.711 bits per heavy atom. The first kappa shape index (κ1) is 72.9. The summed E-state index contributed by atoms with van der Waals surface area (Å²) in [6.07, 6.45) is 65.9. The van der Waals surface area contributed by atoms with Crippen LogP contribution in [0, 0.1) is 0 Å². The summed E-state index contributed by atoms with van der Waals surface area (Å²) >= 11 is 0. The van der Waals surface area contributed by atoms with Crippen molar-refractivity contribution in [1.82, 2.24) is 0 Å². The molecule has 0 saturated heterocycles. The van der Waals surface area contributed by atoms with E-state index >= 15 is 0 Å². The highest BCUT2D eigenvalue weighted by Gasteiger charge is 2.28. The van der Waals surface area contributed by atoms with Crippen LogP contribution in [-0.4, -0.2) is 66.5 Å². The summed E-state index contributed by atoms with van der Waals surface area (Å²) in [4.78, 5) is 48.6. The van der Waals surface area contributed by atoms with Crippen molar-refractivity contribution < 1.29 is 52.2 Å². The molecule has 0 aromatic carbocycles. The number of rotatable bonds is 57. The second-order valence-electron chi connectivity index (χ2n) is 20.5. The van der Waals surface area contributed by atoms with E-state index < -0.39 is 57.8 Å². The fraction of sp³-hybridized carbons (Fsp3) is 0.766. The maximum absolute atomic E-state index is 12.9. The number of ether oxygens (including phenoxy) is 3. The number of aliphatic hydroxyl groups is 1. The quantitative estimate of drug-likeness (QED) is 0.0197. The van der Waals surface area contributed by atoms with E-state index in [2.05, 4.69) is 81.5 Å². The van der Waals surface area contributed by atoms with Crippen molar-refractivity contribution >= 4 is 25.7 Å². The van der Waals surface area contributed by atoms with Crippen molar-refractivity contribution in [2.24, 2.45) is 0 Å². The molecule has 0 aliphatic carbocycles. The minimum Gasteiger partial charge on any atom is -0.462 e. The van der Waals surface area contributed by atoms with Gasteiger partial charge in [-0.1, -0.05) is 254 Å². The average Bonchev–Trinajstić information content (AvgIpc) is 3.41. The summed E-state index contributed by atoms with van der Waals surface area (Å²) in [5.74, 6) is -1.54. The lowest BCUT2D eigenvalue weighted by Crippen LogP contribution is -2.30. The topological polar surface area (TPSA) is 155 Å². The van der Waals surface area contributed by atoms with Gasteiger partial charge in [0.15, 0.2) is 6.10 Å². The third-order valence-corrected chi connectivity index (χ3v) is 14.1. The van der Waals surface area contributed by atoms with Crippen molar-refractivity contribution in [3.63, 3.8) is 0 Å². The van der Waals surface area contributed by atoms with Crippen LogP contribution in [0.15, 0.2) is 72.9 Å². The molecule has 2 N–H and O–H groups in total. The van der Waals surface area contributed by atoms with Crippen molar-refractivity contribution in [2.75, 3.05) is 26.4 Å². The zero-order valence-electron chi connectivity index (χ0n) is 48.7. The predicted molar refractivity (Wildman–Crippen MR) is 316 cm³/mol. The van der Waals surface area contributed by atoms with Crippen LogP contribution in [0.3, 0.4) is 0 Å². The molecule has 0 aromatic rings. The Labute approximate surface area is 465 Å². The Morgan fingerprint density at radius 3 is 1.16 bits per heavy atom. The number of carbonyl (C=O) groups is 3. The Morgan fingerprint density at radius 1 is 0.382 bits per heavy atom. The van der Waals surface area contributed by atoms with Crippen LogP contribution >= 0.6 is 7.82 Å². The first-order valence-electron chi connectivity index (χ1n) is 30.8. The summed E-state index contributed by atoms with van der Waals surface area (Å²) in [5, 5.41) is 9.80. The molecule has 0 aliphatic heterocycles. The van der Waals surface area contributed by atoms with Crippen molar-refractivity contribution in [2.45, 2.75) is 290 Å². The molecule has 0 aliphatic rings. The summed E-state index contributed by atoms with van der Waals surface area (Å²) in [6.45, 7) is 4.46. The highest BCUT2D eigenvalue weighted by Crippen LogP contribution is 2.43. The first-order valence-corrected chi connectivity index (χ1v) is 32.3. The Bertz CT molecular complexity index is 1550. The zero-order chi connectivity index (χ0) is 55.5. The predicted octanol–water partition coefficient (Wildman–Crippen LogP) is 18.5. The highest BCUT2D eigenvalue weighted by atomic mass is 31.2. The van der Waals surface area contributed by atoms with Crippen molar-refractivity contribution in [3.8, 4) is 0 Å². The molecule has 440 valence electrons. The fourth-order valence-corrected chi connectivity index (χ4v) is 9.24. The number of hydrogen-bond donors (Lipinski definition) is 2. The maximum Gasteiger partial charge on any atom is 0.472 e. The molecule has 0 rings (SSSR count). The van der Waals surface area contributed by atoms with Crippen molar-refractivity contribution in [1.29, 1.82) is 0 Å². The first-order chi connectivity index (χ1) is 37.2. The number of phosphoric ester groups is 1. The van der Waals surface area contributed by atoms with Gasteiger partial charge in [0.05, 0.1) is 19.8 Å². The second kappa shape index (κ2) is 58.1. The molecule has 0 aromatic heterocycles. The molecule has 3 atom stereocenters. The third kappa shape index (κ3) is 55.7. The van der Waals surface area contributed by atoms with Gasteiger partial charge >= 0.3 is 25.7 Å². The fourth-order valence-electron chi connectivity index (χ4n) is 8.46. The van der Waals surface area contributed by atoms with Crippen LogP contribution in [0.1, 0.15) is 278 Å². The van der Waals surface area contributed by atoms with E-state index in [9.17, 15) is 28.9 Å². The normalized spacial score (nSPS) is 13.8. The van der Waals surface area contributed by atoms with Gasteiger partial charge in [0, 0.05) is 19.3 Å². The van der Waals surface area contributed by atoms with Gasteiger partial charge in [-0.25, -0.2) is 4.57 Å². The van der Waals surface area contributed by atoms with E-state index in [1.54, 1.807) is 0 Å². The molecule has 0 radical (unpaired) electrons. The molecule has 76 heavy (non-hydrogen) atoms. The monoisotopic (exact) mass is 1090 g/mol. The number of hydrogen-bond acceptors (Lipinski definition) is 10. The van der Waals surface area contributed by atoms with Gasteiger partial charge in [-0.3, -0.25) is 23.4 Å². The van der Waals surface area contributed by atoms with Crippen LogP contribution < -0.4 is 0 Å². The standard InChI is InChI=1S/C64H113O11P/c1-4-7-10-13-16-19-22-25-27-29-30-32-34-37-40-43-46-49-52-55-64(68)75-61(57-71-62(66)53-50-47-44-41-38-36-33-31-28-26-23-20-17-14-11-8-5-2)59-73-76(69,70)72-58-60(56-65)74-63(67)54-51-48-45-42-39-35-24-21-18-15-12-9-6-3/h9,12,16,18-19,21,25,27,35,39,45,48,60-61,65H,4-8,10-11,13-15,17,20,22-24,26,28-34,36-38,40-44,46-47,49-59H2,1-3H3,(H,69,70)/b12-9-,19-16-,21-18-,27-25-,39-35-,48-45-. The summed E-state index contributed by atoms with van der Waals surface area (Å²) < 4.78 is 39.5. The lowest BCUT2D eigenvalue weighted by atomic mass is 10.0. The Balaban J connectivity index is 4.75. The van der Waals surface area contributed by atoms with Crippen LogP contribution in [0.4, 0.5) is 0 Å². The molecule has 0 fully saturated rings. The van der Waals surface area contributed by atoms with Crippen LogP contribution in [0.5, 0.6) is 0 Å². The molecule has 0 saturated carbocycles. The highest BCUT2D eigenvalue weighted by molar-refractivity contribution is 7.47.